The molecule has 0 radical (unpaired) electrons. The molecular weight excluding hydrogens is 347 g/mol. The summed E-state index contributed by atoms with van der Waals surface area (Å²) in [6, 6.07) is 14.7. The van der Waals surface area contributed by atoms with Crippen LogP contribution in [0.4, 0.5) is 0 Å². The summed E-state index contributed by atoms with van der Waals surface area (Å²) in [6.45, 7) is 8.78. The van der Waals surface area contributed by atoms with E-state index in [1.165, 1.54) is 18.3 Å². The van der Waals surface area contributed by atoms with E-state index in [1.54, 1.807) is 6.07 Å². The fourth-order valence-corrected chi connectivity index (χ4v) is 4.20. The third-order valence-corrected chi connectivity index (χ3v) is 6.20. The van der Waals surface area contributed by atoms with Crippen LogP contribution in [-0.2, 0) is 5.41 Å². The zero-order valence-corrected chi connectivity index (χ0v) is 14.0. The molecule has 0 amide bonds. The Kier molecular flexibility index (Phi) is 4.19. The number of benzene rings is 2. The molecular formula is C17H20IO+. The highest BCUT2D eigenvalue weighted by Crippen LogP contribution is 2.20. The van der Waals surface area contributed by atoms with Gasteiger partial charge in [-0.05, 0) is 48.2 Å². The summed E-state index contributed by atoms with van der Waals surface area (Å²) < 4.78 is 2.79. The third-order valence-electron chi connectivity index (χ3n) is 3.06. The number of hydrogen-bond donors (Lipinski definition) is 1. The normalized spacial score (nSPS) is 11.6. The number of halogens is 1. The highest BCUT2D eigenvalue weighted by Gasteiger charge is 2.20. The van der Waals surface area contributed by atoms with Crippen molar-refractivity contribution < 1.29 is 26.3 Å². The fraction of sp³-hybridized carbons (Fsp3) is 0.294. The minimum atomic E-state index is -0.166. The molecule has 0 aromatic heterocycles. The van der Waals surface area contributed by atoms with Gasteiger partial charge in [0.15, 0.2) is 7.14 Å². The first-order valence-corrected chi connectivity index (χ1v) is 8.57. The van der Waals surface area contributed by atoms with E-state index in [9.17, 15) is 5.11 Å². The van der Waals surface area contributed by atoms with E-state index in [0.717, 1.165) is 0 Å². The summed E-state index contributed by atoms with van der Waals surface area (Å²) in [7, 11) is 0. The smallest absolute Gasteiger partial charge is 0.358 e. The van der Waals surface area contributed by atoms with Gasteiger partial charge in [0.05, 0.1) is 0 Å². The van der Waals surface area contributed by atoms with Crippen molar-refractivity contribution in [2.24, 2.45) is 0 Å². The first-order valence-electron chi connectivity index (χ1n) is 6.41. The number of phenolic OH excluding ortho intramolecular Hbond substituents is 1. The molecule has 0 heterocycles. The maximum absolute atomic E-state index is 9.44. The maximum atomic E-state index is 9.44. The van der Waals surface area contributed by atoms with Crippen LogP contribution in [0.1, 0.15) is 31.9 Å². The summed E-state index contributed by atoms with van der Waals surface area (Å²) >= 11 is -0.166. The van der Waals surface area contributed by atoms with Crippen LogP contribution in [-0.4, -0.2) is 5.11 Å². The Morgan fingerprint density at radius 2 is 1.58 bits per heavy atom. The Bertz CT molecular complexity index is 565. The SMILES string of the molecule is Cc1cc(O)ccc1[I+]c1ccc(C(C)(C)C)cc1. The van der Waals surface area contributed by atoms with Crippen molar-refractivity contribution in [1.82, 2.24) is 0 Å². The zero-order valence-electron chi connectivity index (χ0n) is 11.9. The van der Waals surface area contributed by atoms with Gasteiger partial charge < -0.3 is 5.11 Å². The van der Waals surface area contributed by atoms with Crippen molar-refractivity contribution in [3.8, 4) is 5.75 Å². The molecule has 0 spiro atoms. The van der Waals surface area contributed by atoms with Crippen LogP contribution in [0.2, 0.25) is 0 Å². The molecule has 2 rings (SSSR count). The van der Waals surface area contributed by atoms with Crippen molar-refractivity contribution in [2.45, 2.75) is 33.1 Å². The summed E-state index contributed by atoms with van der Waals surface area (Å²) in [5, 5.41) is 9.44. The molecule has 0 aliphatic heterocycles. The molecule has 0 atom stereocenters. The van der Waals surface area contributed by atoms with Gasteiger partial charge in [-0.15, -0.1) is 0 Å². The lowest BCUT2D eigenvalue weighted by Gasteiger charge is -2.18. The second kappa shape index (κ2) is 5.53. The fourth-order valence-electron chi connectivity index (χ4n) is 1.87. The molecule has 19 heavy (non-hydrogen) atoms. The first kappa shape index (κ1) is 14.4. The second-order valence-corrected chi connectivity index (χ2v) is 8.73. The topological polar surface area (TPSA) is 20.2 Å². The lowest BCUT2D eigenvalue weighted by atomic mass is 9.87. The van der Waals surface area contributed by atoms with Crippen molar-refractivity contribution >= 4 is 0 Å². The van der Waals surface area contributed by atoms with Gasteiger partial charge in [-0.25, -0.2) is 0 Å². The van der Waals surface area contributed by atoms with E-state index >= 15 is 0 Å². The van der Waals surface area contributed by atoms with Gasteiger partial charge in [-0.3, -0.25) is 0 Å². The number of aryl methyl sites for hydroxylation is 1. The van der Waals surface area contributed by atoms with Gasteiger partial charge in [-0.2, -0.15) is 0 Å². The predicted octanol–water partition coefficient (Wildman–Crippen LogP) is 1.13. The van der Waals surface area contributed by atoms with Crippen LogP contribution in [0, 0.1) is 14.1 Å². The number of hydrogen-bond acceptors (Lipinski definition) is 1. The van der Waals surface area contributed by atoms with Gasteiger partial charge in [-0.1, -0.05) is 32.9 Å². The molecule has 0 unspecified atom stereocenters. The average molecular weight is 367 g/mol. The van der Waals surface area contributed by atoms with E-state index in [4.69, 9.17) is 0 Å². The van der Waals surface area contributed by atoms with Crippen molar-refractivity contribution in [3.63, 3.8) is 0 Å². The lowest BCUT2D eigenvalue weighted by Crippen LogP contribution is -3.61. The van der Waals surface area contributed by atoms with Gasteiger partial charge in [0, 0.05) is 5.56 Å². The number of rotatable bonds is 2. The van der Waals surface area contributed by atoms with Crippen LogP contribution in [0.25, 0.3) is 0 Å². The Hall–Kier alpha value is -1.03. The van der Waals surface area contributed by atoms with Gasteiger partial charge >= 0.3 is 21.2 Å². The van der Waals surface area contributed by atoms with Crippen LogP contribution in [0.5, 0.6) is 5.75 Å². The highest BCUT2D eigenvalue weighted by atomic mass is 127. The van der Waals surface area contributed by atoms with E-state index < -0.39 is 0 Å². The van der Waals surface area contributed by atoms with Crippen LogP contribution < -0.4 is 21.2 Å². The molecule has 2 heteroatoms. The number of aromatic hydroxyl groups is 1. The lowest BCUT2D eigenvalue weighted by molar-refractivity contribution is -0.598. The second-order valence-electron chi connectivity index (χ2n) is 5.78. The van der Waals surface area contributed by atoms with Crippen LogP contribution >= 0.6 is 0 Å². The number of phenols is 1. The van der Waals surface area contributed by atoms with Crippen molar-refractivity contribution in [3.05, 3.63) is 60.7 Å². The van der Waals surface area contributed by atoms with Crippen molar-refractivity contribution in [1.29, 1.82) is 0 Å². The molecule has 0 aliphatic carbocycles. The molecule has 1 nitrogen and oxygen atoms in total. The Labute approximate surface area is 125 Å². The van der Waals surface area contributed by atoms with Gasteiger partial charge in [0.25, 0.3) is 0 Å². The molecule has 0 bridgehead atoms. The third kappa shape index (κ3) is 3.72. The summed E-state index contributed by atoms with van der Waals surface area (Å²) in [5.74, 6) is 0.355. The molecule has 100 valence electrons. The minimum Gasteiger partial charge on any atom is -0.508 e. The molecule has 0 fully saturated rings. The molecule has 1 N–H and O–H groups in total. The average Bonchev–Trinajstić information content (AvgIpc) is 2.32. The zero-order chi connectivity index (χ0) is 14.0. The standard InChI is InChI=1S/C17H19IO/c1-12-11-15(19)9-10-16(12)18-14-7-5-13(6-8-14)17(2,3)4/h5-11H,1-4H3/p+1. The van der Waals surface area contributed by atoms with E-state index in [0.29, 0.717) is 5.75 Å². The molecule has 2 aromatic rings. The maximum Gasteiger partial charge on any atom is 0.358 e. The molecule has 0 saturated carbocycles. The first-order chi connectivity index (χ1) is 8.86. The molecule has 0 saturated heterocycles. The monoisotopic (exact) mass is 367 g/mol. The van der Waals surface area contributed by atoms with E-state index in [-0.39, 0.29) is 26.6 Å². The predicted molar refractivity (Wildman–Crippen MR) is 75.4 cm³/mol. The van der Waals surface area contributed by atoms with Gasteiger partial charge in [0.2, 0.25) is 0 Å². The van der Waals surface area contributed by atoms with E-state index in [2.05, 4.69) is 58.0 Å². The molecule has 2 aromatic carbocycles. The van der Waals surface area contributed by atoms with Gasteiger partial charge in [0.1, 0.15) is 5.75 Å². The van der Waals surface area contributed by atoms with E-state index in [1.807, 2.05) is 6.07 Å². The minimum absolute atomic E-state index is 0.166. The quantitative estimate of drug-likeness (QED) is 0.790. The Morgan fingerprint density at radius 3 is 2.11 bits per heavy atom. The summed E-state index contributed by atoms with van der Waals surface area (Å²) in [4.78, 5) is 0. The van der Waals surface area contributed by atoms with Crippen LogP contribution in [0.15, 0.2) is 42.5 Å². The van der Waals surface area contributed by atoms with Crippen molar-refractivity contribution in [2.75, 3.05) is 0 Å². The Balaban J connectivity index is 2.20. The molecule has 0 aliphatic rings. The summed E-state index contributed by atoms with van der Waals surface area (Å²) in [6.07, 6.45) is 0. The largest absolute Gasteiger partial charge is 0.508 e. The van der Waals surface area contributed by atoms with Crippen LogP contribution in [0.3, 0.4) is 0 Å². The summed E-state index contributed by atoms with van der Waals surface area (Å²) in [5.41, 5.74) is 2.78. The Morgan fingerprint density at radius 1 is 0.947 bits per heavy atom. The highest BCUT2D eigenvalue weighted by molar-refractivity contribution is 5.26.